The van der Waals surface area contributed by atoms with Crippen LogP contribution in [0.5, 0.6) is 0 Å². The van der Waals surface area contributed by atoms with Crippen molar-refractivity contribution < 1.29 is 0 Å². The smallest absolute Gasteiger partial charge is 0.268 e. The number of aryl methyl sites for hydroxylation is 1. The Bertz CT molecular complexity index is 1630. The van der Waals surface area contributed by atoms with Gasteiger partial charge in [-0.25, -0.2) is 4.98 Å². The molecule has 0 bridgehead atoms. The molecule has 2 fully saturated rings. The van der Waals surface area contributed by atoms with Crippen LogP contribution in [0.3, 0.4) is 0 Å². The maximum Gasteiger partial charge on any atom is 0.268 e. The topological polar surface area (TPSA) is 62.9 Å². The van der Waals surface area contributed by atoms with Crippen LogP contribution in [0.2, 0.25) is 0 Å². The van der Waals surface area contributed by atoms with Gasteiger partial charge in [0, 0.05) is 51.0 Å². The zero-order chi connectivity index (χ0) is 26.9. The summed E-state index contributed by atoms with van der Waals surface area (Å²) in [4.78, 5) is 37.7. The molecule has 0 radical (unpaired) electrons. The van der Waals surface area contributed by atoms with E-state index < -0.39 is 0 Å². The molecule has 6 rings (SSSR count). The van der Waals surface area contributed by atoms with Gasteiger partial charge in [0.05, 0.1) is 4.88 Å². The monoisotopic (exact) mass is 559 g/mol. The molecule has 4 aromatic rings. The summed E-state index contributed by atoms with van der Waals surface area (Å²) in [5.74, 6) is 0.647. The van der Waals surface area contributed by atoms with Gasteiger partial charge in [0.1, 0.15) is 17.0 Å². The summed E-state index contributed by atoms with van der Waals surface area (Å²) in [7, 11) is 0. The molecule has 0 atom stereocenters. The highest BCUT2D eigenvalue weighted by Crippen LogP contribution is 2.33. The van der Waals surface area contributed by atoms with Crippen LogP contribution in [-0.4, -0.2) is 45.0 Å². The normalized spacial score (nSPS) is 17.1. The molecule has 9 heteroatoms. The number of anilines is 1. The first-order valence-electron chi connectivity index (χ1n) is 13.8. The second-order valence-electron chi connectivity index (χ2n) is 10.6. The molecule has 1 aliphatic heterocycles. The molecule has 0 spiro atoms. The summed E-state index contributed by atoms with van der Waals surface area (Å²) in [5, 5.41) is 0. The number of rotatable bonds is 5. The molecule has 2 aliphatic rings. The molecule has 0 unspecified atom stereocenters. The van der Waals surface area contributed by atoms with Crippen LogP contribution in [0.4, 0.5) is 5.82 Å². The molecule has 1 aromatic carbocycles. The van der Waals surface area contributed by atoms with Gasteiger partial charge in [0.2, 0.25) is 0 Å². The Labute approximate surface area is 237 Å². The SMILES string of the molecule is Cc1cccn2c(=O)c(-c3cc(=O)n(C4CCCCC4)c(=S)s3)c(N3CCN(Cc4ccccc4)CC3)nc12. The van der Waals surface area contributed by atoms with Crippen molar-refractivity contribution in [3.63, 3.8) is 0 Å². The minimum absolute atomic E-state index is 0.118. The maximum absolute atomic E-state index is 14.0. The van der Waals surface area contributed by atoms with Crippen molar-refractivity contribution in [3.8, 4) is 10.4 Å². The van der Waals surface area contributed by atoms with E-state index in [1.165, 1.54) is 23.3 Å². The highest BCUT2D eigenvalue weighted by molar-refractivity contribution is 7.73. The standard InChI is InChI=1S/C30H33N5O2S2/c1-21-9-8-14-34-27(21)31-28(33-17-15-32(16-18-33)20-22-10-4-2-5-11-22)26(29(34)37)24-19-25(36)35(30(38)39-24)23-12-6-3-7-13-23/h2,4-5,8-11,14,19,23H,3,6-7,12-13,15-18,20H2,1H3. The Balaban J connectivity index is 1.40. The highest BCUT2D eigenvalue weighted by Gasteiger charge is 2.26. The van der Waals surface area contributed by atoms with Crippen LogP contribution >= 0.6 is 23.6 Å². The van der Waals surface area contributed by atoms with Crippen molar-refractivity contribution in [2.45, 2.75) is 51.6 Å². The van der Waals surface area contributed by atoms with Crippen molar-refractivity contribution in [2.24, 2.45) is 0 Å². The molecule has 3 aromatic heterocycles. The van der Waals surface area contributed by atoms with Crippen molar-refractivity contribution in [1.82, 2.24) is 18.9 Å². The average Bonchev–Trinajstić information content (AvgIpc) is 2.95. The van der Waals surface area contributed by atoms with E-state index >= 15 is 0 Å². The van der Waals surface area contributed by atoms with Gasteiger partial charge in [-0.2, -0.15) is 0 Å². The molecule has 7 nitrogen and oxygen atoms in total. The van der Waals surface area contributed by atoms with E-state index in [2.05, 4.69) is 34.1 Å². The Hall–Kier alpha value is -3.14. The predicted octanol–water partition coefficient (Wildman–Crippen LogP) is 5.45. The van der Waals surface area contributed by atoms with Crippen LogP contribution in [0.25, 0.3) is 16.1 Å². The molecule has 1 aliphatic carbocycles. The number of fused-ring (bicyclic) bond motifs is 1. The summed E-state index contributed by atoms with van der Waals surface area (Å²) in [6.45, 7) is 6.09. The van der Waals surface area contributed by atoms with E-state index in [1.807, 2.05) is 25.1 Å². The second kappa shape index (κ2) is 11.2. The van der Waals surface area contributed by atoms with E-state index in [9.17, 15) is 9.59 Å². The summed E-state index contributed by atoms with van der Waals surface area (Å²) in [5.41, 5.74) is 3.07. The van der Waals surface area contributed by atoms with E-state index in [1.54, 1.807) is 21.2 Å². The maximum atomic E-state index is 14.0. The van der Waals surface area contributed by atoms with Gasteiger partial charge < -0.3 is 4.90 Å². The van der Waals surface area contributed by atoms with Crippen molar-refractivity contribution in [1.29, 1.82) is 0 Å². The molecule has 1 saturated carbocycles. The fourth-order valence-electron chi connectivity index (χ4n) is 5.93. The molecule has 1 saturated heterocycles. The third-order valence-corrected chi connectivity index (χ3v) is 9.38. The zero-order valence-corrected chi connectivity index (χ0v) is 23.8. The van der Waals surface area contributed by atoms with Crippen LogP contribution < -0.4 is 16.0 Å². The molecule has 39 heavy (non-hydrogen) atoms. The van der Waals surface area contributed by atoms with Gasteiger partial charge in [0.15, 0.2) is 3.95 Å². The minimum Gasteiger partial charge on any atom is -0.353 e. The van der Waals surface area contributed by atoms with E-state index in [4.69, 9.17) is 17.2 Å². The first-order chi connectivity index (χ1) is 19.0. The quantitative estimate of drug-likeness (QED) is 0.303. The first-order valence-corrected chi connectivity index (χ1v) is 15.0. The predicted molar refractivity (Wildman–Crippen MR) is 161 cm³/mol. The van der Waals surface area contributed by atoms with Gasteiger partial charge in [-0.3, -0.25) is 23.5 Å². The summed E-state index contributed by atoms with van der Waals surface area (Å²) >= 11 is 7.14. The lowest BCUT2D eigenvalue weighted by Crippen LogP contribution is -2.47. The lowest BCUT2D eigenvalue weighted by molar-refractivity contribution is 0.249. The fourth-order valence-corrected chi connectivity index (χ4v) is 7.40. The largest absolute Gasteiger partial charge is 0.353 e. The van der Waals surface area contributed by atoms with Crippen LogP contribution in [0, 0.1) is 10.9 Å². The lowest BCUT2D eigenvalue weighted by atomic mass is 9.95. The van der Waals surface area contributed by atoms with Crippen LogP contribution in [-0.2, 0) is 6.54 Å². The third kappa shape index (κ3) is 5.23. The van der Waals surface area contributed by atoms with Crippen molar-refractivity contribution >= 4 is 35.0 Å². The summed E-state index contributed by atoms with van der Waals surface area (Å²) in [6.07, 6.45) is 7.16. The molecule has 202 valence electrons. The van der Waals surface area contributed by atoms with Gasteiger partial charge in [-0.05, 0) is 49.2 Å². The van der Waals surface area contributed by atoms with Crippen molar-refractivity contribution in [2.75, 3.05) is 31.1 Å². The number of aromatic nitrogens is 3. The van der Waals surface area contributed by atoms with Gasteiger partial charge >= 0.3 is 0 Å². The van der Waals surface area contributed by atoms with E-state index in [-0.39, 0.29) is 17.2 Å². The molecule has 0 amide bonds. The van der Waals surface area contributed by atoms with Crippen molar-refractivity contribution in [3.05, 3.63) is 90.5 Å². The number of nitrogens with zero attached hydrogens (tertiary/aromatic N) is 5. The fraction of sp³-hybridized carbons (Fsp3) is 0.400. The Morgan fingerprint density at radius 1 is 0.974 bits per heavy atom. The molecular formula is C30H33N5O2S2. The summed E-state index contributed by atoms with van der Waals surface area (Å²) in [6, 6.07) is 16.1. The lowest BCUT2D eigenvalue weighted by Gasteiger charge is -2.36. The van der Waals surface area contributed by atoms with Gasteiger partial charge in [-0.1, -0.05) is 55.7 Å². The molecule has 4 heterocycles. The first kappa shape index (κ1) is 26.1. The third-order valence-electron chi connectivity index (χ3n) is 8.02. The highest BCUT2D eigenvalue weighted by atomic mass is 32.1. The van der Waals surface area contributed by atoms with E-state index in [0.29, 0.717) is 25.9 Å². The number of hydrogen-bond donors (Lipinski definition) is 0. The Morgan fingerprint density at radius 3 is 2.44 bits per heavy atom. The van der Waals surface area contributed by atoms with Crippen LogP contribution in [0.15, 0.2) is 64.3 Å². The average molecular weight is 560 g/mol. The number of pyridine rings is 1. The number of hydrogen-bond acceptors (Lipinski definition) is 7. The molecular weight excluding hydrogens is 526 g/mol. The minimum atomic E-state index is -0.161. The number of piperazine rings is 1. The second-order valence-corrected chi connectivity index (χ2v) is 12.3. The zero-order valence-electron chi connectivity index (χ0n) is 22.2. The van der Waals surface area contributed by atoms with Crippen LogP contribution in [0.1, 0.15) is 49.3 Å². The number of benzene rings is 1. The van der Waals surface area contributed by atoms with Gasteiger partial charge in [-0.15, -0.1) is 11.3 Å². The summed E-state index contributed by atoms with van der Waals surface area (Å²) < 4.78 is 3.92. The Morgan fingerprint density at radius 2 is 1.72 bits per heavy atom. The Kier molecular flexibility index (Phi) is 7.47. The van der Waals surface area contributed by atoms with E-state index in [0.717, 1.165) is 64.0 Å². The molecule has 0 N–H and O–H groups in total. The van der Waals surface area contributed by atoms with Gasteiger partial charge in [0.25, 0.3) is 11.1 Å².